The summed E-state index contributed by atoms with van der Waals surface area (Å²) in [4.78, 5) is 65.5. The van der Waals surface area contributed by atoms with Crippen LogP contribution in [-0.2, 0) is 19.1 Å². The van der Waals surface area contributed by atoms with Gasteiger partial charge in [-0.2, -0.15) is 0 Å². The Morgan fingerprint density at radius 1 is 1.05 bits per heavy atom. The smallest absolute Gasteiger partial charge is 0.408 e. The third-order valence-electron chi connectivity index (χ3n) is 11.6. The minimum Gasteiger partial charge on any atom is -0.495 e. The lowest BCUT2D eigenvalue weighted by atomic mass is 9.85. The molecule has 4 aliphatic rings. The molecule has 7 unspecified atom stereocenters. The summed E-state index contributed by atoms with van der Waals surface area (Å²) in [5.41, 5.74) is -0.672. The quantitative estimate of drug-likeness (QED) is 0.148. The maximum absolute atomic E-state index is 14.7. The Hall–Kier alpha value is -4.37. The molecule has 0 spiro atoms. The van der Waals surface area contributed by atoms with E-state index in [9.17, 15) is 24.3 Å². The van der Waals surface area contributed by atoms with Crippen LogP contribution in [-0.4, -0.2) is 93.4 Å². The van der Waals surface area contributed by atoms with Crippen LogP contribution in [0.3, 0.4) is 0 Å². The number of aliphatic carboxylic acids is 1. The fourth-order valence-corrected chi connectivity index (χ4v) is 9.46. The predicted molar refractivity (Wildman–Crippen MR) is 212 cm³/mol. The molecule has 3 amide bonds. The van der Waals surface area contributed by atoms with Gasteiger partial charge in [-0.25, -0.2) is 19.6 Å². The summed E-state index contributed by atoms with van der Waals surface area (Å²) in [7, 11) is 1.52. The average molecular weight is 811 g/mol. The number of hydrogen-bond donors (Lipinski definition) is 4. The van der Waals surface area contributed by atoms with E-state index < -0.39 is 53.0 Å². The first-order valence-electron chi connectivity index (χ1n) is 19.4. The zero-order chi connectivity index (χ0) is 40.3. The summed E-state index contributed by atoms with van der Waals surface area (Å²) in [6.07, 6.45) is 2.16. The average Bonchev–Trinajstić information content (AvgIpc) is 3.80. The number of nitrogens with one attached hydrogen (secondary N) is 3. The van der Waals surface area contributed by atoms with Gasteiger partial charge in [0.1, 0.15) is 52.0 Å². The van der Waals surface area contributed by atoms with E-state index in [-0.39, 0.29) is 36.1 Å². The van der Waals surface area contributed by atoms with Crippen molar-refractivity contribution in [3.05, 3.63) is 28.6 Å². The van der Waals surface area contributed by atoms with Crippen LogP contribution in [0, 0.1) is 23.2 Å². The molecule has 3 aromatic rings. The number of benzene rings is 1. The van der Waals surface area contributed by atoms with Gasteiger partial charge in [0.2, 0.25) is 11.8 Å². The number of alkyl carbamates (subject to hydrolysis) is 1. The number of thiazole rings is 1. The van der Waals surface area contributed by atoms with Crippen molar-refractivity contribution in [2.75, 3.05) is 19.0 Å². The highest BCUT2D eigenvalue weighted by atomic mass is 35.5. The molecule has 7 atom stereocenters. The first-order chi connectivity index (χ1) is 26.5. The van der Waals surface area contributed by atoms with Crippen LogP contribution in [0.25, 0.3) is 22.3 Å². The summed E-state index contributed by atoms with van der Waals surface area (Å²) in [5, 5.41) is 22.6. The maximum Gasteiger partial charge on any atom is 0.408 e. The Morgan fingerprint density at radius 3 is 2.41 bits per heavy atom. The SMILES string of the molecule is CCC1CC1(NC(=O)C1CC(Oc2cc(-c3csc(NC(C)C)n3)nc3c(Cl)c(OC)ccc23)CN1C(=O)C(NC(=O)OC1CC2CC2C1)C(C)(C)C)C(=O)O. The summed E-state index contributed by atoms with van der Waals surface area (Å²) in [6.45, 7) is 11.4. The van der Waals surface area contributed by atoms with E-state index in [2.05, 4.69) is 16.0 Å². The van der Waals surface area contributed by atoms with Gasteiger partial charge in [0.05, 0.1) is 24.9 Å². The number of fused-ring (bicyclic) bond motifs is 2. The van der Waals surface area contributed by atoms with Gasteiger partial charge in [-0.05, 0) is 74.8 Å². The maximum atomic E-state index is 14.7. The Bertz CT molecular complexity index is 2030. The molecule has 14 nitrogen and oxygen atoms in total. The molecule has 3 heterocycles. The number of hydrogen-bond acceptors (Lipinski definition) is 11. The number of carboxylic acids is 1. The van der Waals surface area contributed by atoms with E-state index in [4.69, 9.17) is 35.8 Å². The molecule has 1 aromatic carbocycles. The number of rotatable bonds is 13. The number of carbonyl (C=O) groups is 4. The second-order valence-corrected chi connectivity index (χ2v) is 18.3. The second-order valence-electron chi connectivity index (χ2n) is 17.1. The zero-order valence-electron chi connectivity index (χ0n) is 32.8. The summed E-state index contributed by atoms with van der Waals surface area (Å²) in [6, 6.07) is 3.28. The van der Waals surface area contributed by atoms with Gasteiger partial charge in [-0.3, -0.25) is 9.59 Å². The Kier molecular flexibility index (Phi) is 10.8. The topological polar surface area (TPSA) is 181 Å². The largest absolute Gasteiger partial charge is 0.495 e. The first kappa shape index (κ1) is 39.8. The van der Waals surface area contributed by atoms with E-state index in [0.29, 0.717) is 58.5 Å². The second kappa shape index (κ2) is 15.2. The van der Waals surface area contributed by atoms with Crippen molar-refractivity contribution in [1.29, 1.82) is 0 Å². The number of ether oxygens (including phenoxy) is 3. The van der Waals surface area contributed by atoms with Crippen molar-refractivity contribution < 1.29 is 38.5 Å². The fraction of sp³-hybridized carbons (Fsp3) is 0.600. The molecule has 1 aliphatic heterocycles. The molecule has 16 heteroatoms. The monoisotopic (exact) mass is 810 g/mol. The molecule has 4 fully saturated rings. The van der Waals surface area contributed by atoms with E-state index in [0.717, 1.165) is 18.0 Å². The van der Waals surface area contributed by atoms with Gasteiger partial charge in [0.25, 0.3) is 0 Å². The molecule has 7 rings (SSSR count). The van der Waals surface area contributed by atoms with Gasteiger partial charge in [0, 0.05) is 29.3 Å². The zero-order valence-corrected chi connectivity index (χ0v) is 34.4. The van der Waals surface area contributed by atoms with E-state index in [1.807, 2.05) is 46.9 Å². The van der Waals surface area contributed by atoms with Crippen LogP contribution >= 0.6 is 22.9 Å². The first-order valence-corrected chi connectivity index (χ1v) is 20.7. The Labute approximate surface area is 335 Å². The van der Waals surface area contributed by atoms with Crippen LogP contribution in [0.15, 0.2) is 23.6 Å². The lowest BCUT2D eigenvalue weighted by Gasteiger charge is -2.35. The number of pyridine rings is 1. The number of anilines is 1. The third kappa shape index (κ3) is 7.93. The molecule has 4 N–H and O–H groups in total. The molecule has 1 saturated heterocycles. The number of amides is 3. The van der Waals surface area contributed by atoms with Crippen LogP contribution in [0.1, 0.15) is 80.1 Å². The molecule has 3 aliphatic carbocycles. The molecule has 302 valence electrons. The highest BCUT2D eigenvalue weighted by molar-refractivity contribution is 7.14. The number of carbonyl (C=O) groups excluding carboxylic acids is 3. The van der Waals surface area contributed by atoms with Crippen molar-refractivity contribution in [2.24, 2.45) is 23.2 Å². The van der Waals surface area contributed by atoms with Crippen molar-refractivity contribution >= 4 is 62.8 Å². The Balaban J connectivity index is 1.20. The van der Waals surface area contributed by atoms with Crippen molar-refractivity contribution in [3.8, 4) is 22.9 Å². The van der Waals surface area contributed by atoms with Crippen LogP contribution in [0.5, 0.6) is 11.5 Å². The predicted octanol–water partition coefficient (Wildman–Crippen LogP) is 6.50. The van der Waals surface area contributed by atoms with Crippen LogP contribution in [0.4, 0.5) is 9.93 Å². The van der Waals surface area contributed by atoms with E-state index >= 15 is 0 Å². The number of aromatic nitrogens is 2. The number of carboxylic acid groups (broad SMARTS) is 1. The van der Waals surface area contributed by atoms with E-state index in [1.54, 1.807) is 18.2 Å². The Morgan fingerprint density at radius 2 is 1.79 bits per heavy atom. The molecule has 3 saturated carbocycles. The summed E-state index contributed by atoms with van der Waals surface area (Å²) < 4.78 is 18.0. The van der Waals surface area contributed by atoms with Crippen molar-refractivity contribution in [2.45, 2.75) is 116 Å². The van der Waals surface area contributed by atoms with Gasteiger partial charge >= 0.3 is 12.1 Å². The van der Waals surface area contributed by atoms with Gasteiger partial charge < -0.3 is 40.2 Å². The number of methoxy groups -OCH3 is 1. The van der Waals surface area contributed by atoms with Gasteiger partial charge in [-0.15, -0.1) is 11.3 Å². The van der Waals surface area contributed by atoms with Crippen LogP contribution in [0.2, 0.25) is 5.02 Å². The minimum atomic E-state index is -1.41. The van der Waals surface area contributed by atoms with Crippen molar-refractivity contribution in [1.82, 2.24) is 25.5 Å². The molecule has 0 radical (unpaired) electrons. The van der Waals surface area contributed by atoms with E-state index in [1.165, 1.54) is 29.8 Å². The molecular weight excluding hydrogens is 760 g/mol. The summed E-state index contributed by atoms with van der Waals surface area (Å²) >= 11 is 8.26. The van der Waals surface area contributed by atoms with Gasteiger partial charge in [0.15, 0.2) is 5.13 Å². The summed E-state index contributed by atoms with van der Waals surface area (Å²) in [5.74, 6) is -0.397. The van der Waals surface area contributed by atoms with Crippen LogP contribution < -0.4 is 25.4 Å². The molecule has 2 aromatic heterocycles. The normalized spacial score (nSPS) is 27.1. The number of halogens is 1. The molecular formula is C40H51ClN6O8S. The number of nitrogens with zero attached hydrogens (tertiary/aromatic N) is 3. The van der Waals surface area contributed by atoms with Crippen molar-refractivity contribution in [3.63, 3.8) is 0 Å². The number of likely N-dealkylation sites (tertiary alicyclic amines) is 1. The molecule has 0 bridgehead atoms. The standard InChI is InChI=1S/C40H51ClN6O8S/c1-8-22-16-40(22,36(50)51)46-34(48)28-14-24(17-47(28)35(49)33(39(4,5)6)45-38(52)55-23-12-20-11-21(20)13-23)54-30-15-26(27-18-56-37(44-27)42-19(2)3)43-32-25(30)9-10-29(53-7)31(32)41/h9-10,15,18-24,28,33H,8,11-14,16-17H2,1-7H3,(H,42,44)(H,45,52)(H,46,48)(H,50,51). The lowest BCUT2D eigenvalue weighted by Crippen LogP contribution is -2.59. The highest BCUT2D eigenvalue weighted by Gasteiger charge is 2.61. The lowest BCUT2D eigenvalue weighted by molar-refractivity contribution is -0.146. The molecule has 56 heavy (non-hydrogen) atoms. The highest BCUT2D eigenvalue weighted by Crippen LogP contribution is 2.52. The minimum absolute atomic E-state index is 0.0221. The fourth-order valence-electron chi connectivity index (χ4n) is 8.32. The third-order valence-corrected chi connectivity index (χ3v) is 12.7. The van der Waals surface area contributed by atoms with Gasteiger partial charge in [-0.1, -0.05) is 45.7 Å².